The van der Waals surface area contributed by atoms with Crippen LogP contribution < -0.4 is 22.9 Å². The van der Waals surface area contributed by atoms with Gasteiger partial charge in [0.05, 0.1) is 24.4 Å². The molecular formula is C22H42N4O13. The maximum Gasteiger partial charge on any atom is 0.277 e. The van der Waals surface area contributed by atoms with E-state index in [-0.39, 0.29) is 32.2 Å². The molecule has 3 rings (SSSR count). The molecule has 3 aliphatic rings. The van der Waals surface area contributed by atoms with Crippen LogP contribution in [0, 0.1) is 0 Å². The van der Waals surface area contributed by atoms with Crippen LogP contribution in [0.5, 0.6) is 0 Å². The van der Waals surface area contributed by atoms with Crippen molar-refractivity contribution < 1.29 is 64.6 Å². The lowest BCUT2D eigenvalue weighted by Gasteiger charge is -2.48. The van der Waals surface area contributed by atoms with Crippen LogP contribution in [0.3, 0.4) is 0 Å². The predicted octanol–water partition coefficient (Wildman–Crippen LogP) is -6.88. The summed E-state index contributed by atoms with van der Waals surface area (Å²) in [6, 6.07) is -1.98. The SMILES string of the molecule is NC[C@H]1O[C@H](O[C@]2(CC[C@](O)(O[C@H]3O[C@H](CO)[C@@H](O)[C@H](N)[C@H]3O)C(N)=O)C[C@@H](N)C[C@H](O)C2)[C@H](O)[C@@H](O)[C@H]1O. The Morgan fingerprint density at radius 2 is 1.56 bits per heavy atom. The highest BCUT2D eigenvalue weighted by molar-refractivity contribution is 5.81. The molecule has 228 valence electrons. The van der Waals surface area contributed by atoms with Crippen LogP contribution in [0.2, 0.25) is 0 Å². The van der Waals surface area contributed by atoms with E-state index >= 15 is 0 Å². The fourth-order valence-corrected chi connectivity index (χ4v) is 5.36. The Morgan fingerprint density at radius 3 is 2.13 bits per heavy atom. The summed E-state index contributed by atoms with van der Waals surface area (Å²) >= 11 is 0. The molecule has 17 nitrogen and oxygen atoms in total. The number of carbonyl (C=O) groups excluding carboxylic acids is 1. The minimum absolute atomic E-state index is 0.0453. The average molecular weight is 571 g/mol. The summed E-state index contributed by atoms with van der Waals surface area (Å²) in [5, 5.41) is 82.3. The van der Waals surface area contributed by atoms with Crippen LogP contribution >= 0.6 is 0 Å². The predicted molar refractivity (Wildman–Crippen MR) is 128 cm³/mol. The van der Waals surface area contributed by atoms with Crippen LogP contribution in [0.15, 0.2) is 0 Å². The average Bonchev–Trinajstić information content (AvgIpc) is 2.87. The van der Waals surface area contributed by atoms with Gasteiger partial charge in [0.25, 0.3) is 5.91 Å². The van der Waals surface area contributed by atoms with Gasteiger partial charge in [-0.25, -0.2) is 0 Å². The largest absolute Gasteiger partial charge is 0.394 e. The minimum Gasteiger partial charge on any atom is -0.394 e. The topological polar surface area (TPSA) is 320 Å². The van der Waals surface area contributed by atoms with E-state index in [9.17, 15) is 45.6 Å². The van der Waals surface area contributed by atoms with Crippen LogP contribution in [0.4, 0.5) is 0 Å². The zero-order chi connectivity index (χ0) is 29.3. The van der Waals surface area contributed by atoms with Gasteiger partial charge in [-0.3, -0.25) is 4.79 Å². The van der Waals surface area contributed by atoms with Gasteiger partial charge >= 0.3 is 0 Å². The van der Waals surface area contributed by atoms with Gasteiger partial charge in [0.1, 0.15) is 42.7 Å². The molecule has 17 heteroatoms. The van der Waals surface area contributed by atoms with Gasteiger partial charge in [0, 0.05) is 25.4 Å². The van der Waals surface area contributed by atoms with Gasteiger partial charge in [-0.2, -0.15) is 0 Å². The molecule has 1 aliphatic carbocycles. The summed E-state index contributed by atoms with van der Waals surface area (Å²) < 4.78 is 22.2. The second kappa shape index (κ2) is 12.8. The van der Waals surface area contributed by atoms with Crippen LogP contribution in [0.25, 0.3) is 0 Å². The molecule has 2 heterocycles. The van der Waals surface area contributed by atoms with Gasteiger partial charge in [-0.05, 0) is 19.3 Å². The number of hydrogen-bond donors (Lipinski definition) is 12. The molecule has 0 aromatic heterocycles. The van der Waals surface area contributed by atoms with E-state index in [4.69, 9.17) is 41.9 Å². The Kier molecular flexibility index (Phi) is 10.6. The summed E-state index contributed by atoms with van der Waals surface area (Å²) in [6.45, 7) is -0.929. The number of primary amides is 1. The van der Waals surface area contributed by atoms with E-state index < -0.39 is 104 Å². The van der Waals surface area contributed by atoms with E-state index in [1.807, 2.05) is 0 Å². The molecule has 0 bridgehead atoms. The van der Waals surface area contributed by atoms with Crippen molar-refractivity contribution in [1.82, 2.24) is 0 Å². The fraction of sp³-hybridized carbons (Fsp3) is 0.955. The van der Waals surface area contributed by atoms with E-state index in [1.54, 1.807) is 0 Å². The van der Waals surface area contributed by atoms with Crippen molar-refractivity contribution in [3.63, 3.8) is 0 Å². The standard InChI is InChI=1S/C22H42N4O13/c23-6-10-14(30)16(32)17(33)19(36-10)38-21(4-8(24)3-9(28)5-21)1-2-22(35,20(26)34)39-18-15(31)12(25)13(29)11(7-27)37-18/h8-19,27-33,35H,1-7,23-25H2,(H2,26,34)/t8-,9-,10+,11+,12-,13+,14-,15+,16-,17+,18+,19+,21+,22-/m0/s1. The van der Waals surface area contributed by atoms with Crippen molar-refractivity contribution in [3.8, 4) is 0 Å². The van der Waals surface area contributed by atoms with Crippen molar-refractivity contribution in [2.45, 2.75) is 117 Å². The summed E-state index contributed by atoms with van der Waals surface area (Å²) in [5.41, 5.74) is 21.4. The second-order valence-electron chi connectivity index (χ2n) is 10.7. The molecule has 1 saturated carbocycles. The molecule has 0 aromatic carbocycles. The lowest BCUT2D eigenvalue weighted by molar-refractivity contribution is -0.346. The summed E-state index contributed by atoms with van der Waals surface area (Å²) in [7, 11) is 0. The number of rotatable bonds is 10. The molecular weight excluding hydrogens is 528 g/mol. The monoisotopic (exact) mass is 570 g/mol. The number of aliphatic hydroxyl groups excluding tert-OH is 7. The van der Waals surface area contributed by atoms with Gasteiger partial charge in [-0.1, -0.05) is 0 Å². The summed E-state index contributed by atoms with van der Waals surface area (Å²) in [4.78, 5) is 12.3. The zero-order valence-corrected chi connectivity index (χ0v) is 21.3. The summed E-state index contributed by atoms with van der Waals surface area (Å²) in [5.74, 6) is -4.19. The highest BCUT2D eigenvalue weighted by atomic mass is 16.8. The molecule has 0 unspecified atom stereocenters. The molecule has 0 spiro atoms. The molecule has 2 aliphatic heterocycles. The third-order valence-electron chi connectivity index (χ3n) is 7.64. The van der Waals surface area contributed by atoms with Crippen LogP contribution in [-0.2, 0) is 23.7 Å². The number of hydrogen-bond acceptors (Lipinski definition) is 16. The van der Waals surface area contributed by atoms with E-state index in [0.29, 0.717) is 0 Å². The van der Waals surface area contributed by atoms with E-state index in [1.165, 1.54) is 0 Å². The highest BCUT2D eigenvalue weighted by Crippen LogP contribution is 2.40. The lowest BCUT2D eigenvalue weighted by Crippen LogP contribution is -2.65. The highest BCUT2D eigenvalue weighted by Gasteiger charge is 2.52. The maximum atomic E-state index is 12.3. The van der Waals surface area contributed by atoms with Crippen LogP contribution in [0.1, 0.15) is 32.1 Å². The Hall–Kier alpha value is -1.13. The number of amides is 1. The first kappa shape index (κ1) is 32.4. The first-order valence-corrected chi connectivity index (χ1v) is 12.8. The number of aliphatic hydroxyl groups is 8. The molecule has 1 amide bonds. The quantitative estimate of drug-likeness (QED) is 0.109. The maximum absolute atomic E-state index is 12.3. The Bertz CT molecular complexity index is 815. The third kappa shape index (κ3) is 7.03. The van der Waals surface area contributed by atoms with Crippen molar-refractivity contribution >= 4 is 5.91 Å². The lowest BCUT2D eigenvalue weighted by atomic mass is 9.76. The minimum atomic E-state index is -2.81. The molecule has 16 N–H and O–H groups in total. The smallest absolute Gasteiger partial charge is 0.277 e. The first-order valence-electron chi connectivity index (χ1n) is 12.8. The first-order chi connectivity index (χ1) is 18.2. The molecule has 2 saturated heterocycles. The third-order valence-corrected chi connectivity index (χ3v) is 7.64. The normalized spacial score (nSPS) is 46.9. The molecule has 0 aromatic rings. The fourth-order valence-electron chi connectivity index (χ4n) is 5.36. The molecule has 39 heavy (non-hydrogen) atoms. The Morgan fingerprint density at radius 1 is 0.923 bits per heavy atom. The van der Waals surface area contributed by atoms with Crippen molar-refractivity contribution in [1.29, 1.82) is 0 Å². The van der Waals surface area contributed by atoms with Crippen molar-refractivity contribution in [2.24, 2.45) is 22.9 Å². The van der Waals surface area contributed by atoms with Crippen molar-refractivity contribution in [2.75, 3.05) is 13.2 Å². The second-order valence-corrected chi connectivity index (χ2v) is 10.7. The number of carbonyl (C=O) groups is 1. The summed E-state index contributed by atoms with van der Waals surface area (Å²) in [6.07, 6.45) is -15.5. The number of ether oxygens (including phenoxy) is 4. The van der Waals surface area contributed by atoms with Crippen molar-refractivity contribution in [3.05, 3.63) is 0 Å². The van der Waals surface area contributed by atoms with Gasteiger partial charge in [0.15, 0.2) is 12.6 Å². The molecule has 14 atom stereocenters. The molecule has 3 fully saturated rings. The Balaban J connectivity index is 1.83. The van der Waals surface area contributed by atoms with Crippen LogP contribution in [-0.4, -0.2) is 145 Å². The zero-order valence-electron chi connectivity index (χ0n) is 21.3. The van der Waals surface area contributed by atoms with Gasteiger partial charge in [0.2, 0.25) is 5.79 Å². The number of nitrogens with two attached hydrogens (primary N) is 4. The van der Waals surface area contributed by atoms with Gasteiger partial charge in [-0.15, -0.1) is 0 Å². The van der Waals surface area contributed by atoms with E-state index in [0.717, 1.165) is 0 Å². The van der Waals surface area contributed by atoms with E-state index in [2.05, 4.69) is 0 Å². The molecule has 0 radical (unpaired) electrons. The Labute approximate surface area is 224 Å². The van der Waals surface area contributed by atoms with Gasteiger partial charge < -0.3 is 82.7 Å².